The van der Waals surface area contributed by atoms with Crippen molar-refractivity contribution in [3.05, 3.63) is 115 Å². The third kappa shape index (κ3) is 3.42. The molecule has 0 amide bonds. The van der Waals surface area contributed by atoms with Gasteiger partial charge in [0.05, 0.1) is 15.9 Å². The van der Waals surface area contributed by atoms with Gasteiger partial charge in [0, 0.05) is 16.7 Å². The lowest BCUT2D eigenvalue weighted by atomic mass is 10.0. The van der Waals surface area contributed by atoms with Crippen molar-refractivity contribution in [1.82, 2.24) is 0 Å². The quantitative estimate of drug-likeness (QED) is 0.260. The average Bonchev–Trinajstić information content (AvgIpc) is 2.94. The van der Waals surface area contributed by atoms with Gasteiger partial charge in [0.25, 0.3) is 0 Å². The fourth-order valence-corrected chi connectivity index (χ4v) is 9.15. The summed E-state index contributed by atoms with van der Waals surface area (Å²) >= 11 is 0. The largest absolute Gasteiger partial charge is 0.507 e. The van der Waals surface area contributed by atoms with Crippen LogP contribution >= 0.6 is 15.0 Å². The minimum absolute atomic E-state index is 0.0502. The summed E-state index contributed by atoms with van der Waals surface area (Å²) < 4.78 is 46.9. The Balaban J connectivity index is 1.34. The van der Waals surface area contributed by atoms with Crippen LogP contribution in [-0.4, -0.2) is 5.11 Å². The topological polar surface area (TPSA) is 82.1 Å². The van der Waals surface area contributed by atoms with Crippen molar-refractivity contribution < 1.29 is 27.8 Å². The lowest BCUT2D eigenvalue weighted by molar-refractivity contribution is 0.397. The van der Waals surface area contributed by atoms with Gasteiger partial charge in [-0.25, -0.2) is 4.57 Å². The van der Waals surface area contributed by atoms with Crippen LogP contribution < -0.4 is 29.5 Å². The Bertz CT molecular complexity index is 1850. The van der Waals surface area contributed by atoms with Gasteiger partial charge in [-0.1, -0.05) is 72.8 Å². The Labute approximate surface area is 219 Å². The van der Waals surface area contributed by atoms with Crippen LogP contribution in [-0.2, 0) is 9.13 Å². The number of benzene rings is 5. The molecule has 0 fully saturated rings. The average molecular weight is 538 g/mol. The van der Waals surface area contributed by atoms with Gasteiger partial charge in [0.15, 0.2) is 0 Å². The minimum Gasteiger partial charge on any atom is -0.507 e. The number of hydrogen-bond acceptors (Lipinski definition) is 6. The molecule has 5 aromatic carbocycles. The molecule has 38 heavy (non-hydrogen) atoms. The summed E-state index contributed by atoms with van der Waals surface area (Å²) in [5.74, 6) is 0.811. The van der Waals surface area contributed by atoms with Crippen LogP contribution in [0.15, 0.2) is 115 Å². The van der Waals surface area contributed by atoms with E-state index in [-0.39, 0.29) is 16.8 Å². The molecule has 6 nitrogen and oxygen atoms in total. The van der Waals surface area contributed by atoms with Crippen LogP contribution in [0.1, 0.15) is 0 Å². The molecule has 0 spiro atoms. The Morgan fingerprint density at radius 1 is 0.553 bits per heavy atom. The molecule has 0 aliphatic carbocycles. The molecule has 1 N–H and O–H groups in total. The summed E-state index contributed by atoms with van der Waals surface area (Å²) in [6.07, 6.45) is 0. The van der Waals surface area contributed by atoms with E-state index in [2.05, 4.69) is 0 Å². The summed E-state index contributed by atoms with van der Waals surface area (Å²) in [6.45, 7) is 0. The van der Waals surface area contributed by atoms with Crippen LogP contribution in [0.5, 0.6) is 23.0 Å². The molecule has 2 atom stereocenters. The lowest BCUT2D eigenvalue weighted by Gasteiger charge is -2.30. The molecule has 0 radical (unpaired) electrons. The molecule has 0 aromatic heterocycles. The van der Waals surface area contributed by atoms with Crippen LogP contribution in [0.2, 0.25) is 0 Å². The van der Waals surface area contributed by atoms with E-state index in [4.69, 9.17) is 13.6 Å². The van der Waals surface area contributed by atoms with Crippen molar-refractivity contribution >= 4 is 30.9 Å². The number of phenols is 1. The summed E-state index contributed by atoms with van der Waals surface area (Å²) in [7, 11) is -7.69. The van der Waals surface area contributed by atoms with Crippen molar-refractivity contribution in [2.75, 3.05) is 0 Å². The van der Waals surface area contributed by atoms with E-state index in [1.54, 1.807) is 48.5 Å². The highest BCUT2D eigenvalue weighted by Crippen LogP contribution is 2.57. The van der Waals surface area contributed by atoms with E-state index in [1.165, 1.54) is 18.2 Å². The first-order valence-corrected chi connectivity index (χ1v) is 15.1. The highest BCUT2D eigenvalue weighted by molar-refractivity contribution is 7.75. The van der Waals surface area contributed by atoms with E-state index in [9.17, 15) is 14.2 Å². The number of fused-ring (bicyclic) bond motifs is 6. The van der Waals surface area contributed by atoms with Gasteiger partial charge in [0.1, 0.15) is 23.0 Å². The van der Waals surface area contributed by atoms with Crippen LogP contribution in [0.4, 0.5) is 0 Å². The highest BCUT2D eigenvalue weighted by atomic mass is 31.2. The fraction of sp³-hybridized carbons (Fsp3) is 0. The summed E-state index contributed by atoms with van der Waals surface area (Å²) in [5, 5.41) is 11.8. The number of hydrogen-bond donors (Lipinski definition) is 1. The van der Waals surface area contributed by atoms with E-state index in [0.717, 1.165) is 22.3 Å². The molecule has 2 aliphatic rings. The first-order valence-electron chi connectivity index (χ1n) is 12.0. The molecule has 7 rings (SSSR count). The normalized spacial score (nSPS) is 20.5. The van der Waals surface area contributed by atoms with Crippen LogP contribution in [0.3, 0.4) is 0 Å². The number of rotatable bonds is 3. The third-order valence-corrected chi connectivity index (χ3v) is 11.0. The van der Waals surface area contributed by atoms with Crippen molar-refractivity contribution in [2.45, 2.75) is 0 Å². The van der Waals surface area contributed by atoms with Crippen molar-refractivity contribution in [3.8, 4) is 45.3 Å². The first kappa shape index (κ1) is 22.9. The smallest absolute Gasteiger partial charge is 0.463 e. The van der Waals surface area contributed by atoms with E-state index < -0.39 is 15.0 Å². The number of phenolic OH excluding ortho intramolecular Hbond substituents is 1. The lowest BCUT2D eigenvalue weighted by Crippen LogP contribution is -2.26. The maximum atomic E-state index is 14.6. The third-order valence-electron chi connectivity index (χ3n) is 6.71. The van der Waals surface area contributed by atoms with Crippen LogP contribution in [0.25, 0.3) is 22.3 Å². The zero-order valence-corrected chi connectivity index (χ0v) is 21.6. The van der Waals surface area contributed by atoms with E-state index in [1.807, 2.05) is 48.5 Å². The fourth-order valence-electron chi connectivity index (χ4n) is 4.98. The molecule has 2 aliphatic heterocycles. The number of para-hydroxylation sites is 2. The zero-order chi connectivity index (χ0) is 25.9. The van der Waals surface area contributed by atoms with Gasteiger partial charge in [0.2, 0.25) is 0 Å². The summed E-state index contributed by atoms with van der Waals surface area (Å²) in [6, 6.07) is 33.4. The van der Waals surface area contributed by atoms with Gasteiger partial charge in [-0.3, -0.25) is 4.57 Å². The van der Waals surface area contributed by atoms with Gasteiger partial charge in [-0.05, 0) is 48.0 Å². The van der Waals surface area contributed by atoms with Gasteiger partial charge in [-0.15, -0.1) is 0 Å². The molecule has 8 heteroatoms. The first-order chi connectivity index (χ1) is 18.5. The molecule has 2 heterocycles. The molecule has 0 saturated heterocycles. The Kier molecular flexibility index (Phi) is 5.06. The van der Waals surface area contributed by atoms with E-state index >= 15 is 0 Å². The molecule has 0 bridgehead atoms. The van der Waals surface area contributed by atoms with Crippen molar-refractivity contribution in [2.24, 2.45) is 0 Å². The second-order valence-corrected chi connectivity index (χ2v) is 13.1. The van der Waals surface area contributed by atoms with Gasteiger partial charge < -0.3 is 18.7 Å². The standard InChI is InChI=1S/C30H20O6P2/c31-25-18-17-20(34-38(33)29-16-8-4-12-24(29)22-10-2-6-14-27(22)36-38)19-30(25)37(32)28-15-7-3-11-23(28)21-9-1-5-13-26(21)35-37/h1-19,31H. The zero-order valence-electron chi connectivity index (χ0n) is 19.9. The van der Waals surface area contributed by atoms with Gasteiger partial charge in [-0.2, -0.15) is 0 Å². The predicted molar refractivity (Wildman–Crippen MR) is 148 cm³/mol. The second-order valence-electron chi connectivity index (χ2n) is 9.00. The molecule has 2 unspecified atom stereocenters. The van der Waals surface area contributed by atoms with Gasteiger partial charge >= 0.3 is 15.0 Å². The maximum absolute atomic E-state index is 14.6. The molecule has 186 valence electrons. The maximum Gasteiger partial charge on any atom is 0.463 e. The molecular weight excluding hydrogens is 518 g/mol. The Hall–Kier alpha value is -4.24. The monoisotopic (exact) mass is 538 g/mol. The SMILES string of the molecule is O=P1(Oc2ccc(O)c(P3(=O)Oc4ccccc4-c4ccccc43)c2)Oc2ccccc2-c2ccccc21. The van der Waals surface area contributed by atoms with E-state index in [0.29, 0.717) is 22.1 Å². The van der Waals surface area contributed by atoms with Crippen molar-refractivity contribution in [3.63, 3.8) is 0 Å². The Morgan fingerprint density at radius 3 is 1.76 bits per heavy atom. The minimum atomic E-state index is -3.89. The predicted octanol–water partition coefficient (Wildman–Crippen LogP) is 6.64. The van der Waals surface area contributed by atoms with Crippen LogP contribution in [0, 0.1) is 0 Å². The highest BCUT2D eigenvalue weighted by Gasteiger charge is 2.42. The molecule has 5 aromatic rings. The molecule has 0 saturated carbocycles. The Morgan fingerprint density at radius 2 is 1.08 bits per heavy atom. The summed E-state index contributed by atoms with van der Waals surface area (Å²) in [5.41, 5.74) is 3.15. The summed E-state index contributed by atoms with van der Waals surface area (Å²) in [4.78, 5) is 0. The molecular formula is C30H20O6P2. The second kappa shape index (κ2) is 8.39. The number of aromatic hydroxyl groups is 1. The van der Waals surface area contributed by atoms with Crippen molar-refractivity contribution in [1.29, 1.82) is 0 Å².